The molecule has 1 amide bonds. The predicted octanol–water partition coefficient (Wildman–Crippen LogP) is 1.17. The molecule has 1 fully saturated rings. The van der Waals surface area contributed by atoms with Crippen molar-refractivity contribution in [1.29, 1.82) is 0 Å². The van der Waals surface area contributed by atoms with Crippen molar-refractivity contribution in [2.45, 2.75) is 23.9 Å². The fourth-order valence-electron chi connectivity index (χ4n) is 1.91. The molecule has 1 aromatic rings. The predicted molar refractivity (Wildman–Crippen MR) is 73.9 cm³/mol. The molecule has 0 bridgehead atoms. The van der Waals surface area contributed by atoms with E-state index in [1.54, 1.807) is 6.07 Å². The van der Waals surface area contributed by atoms with Gasteiger partial charge in [0.2, 0.25) is 5.91 Å². The third-order valence-corrected chi connectivity index (χ3v) is 3.93. The fourth-order valence-corrected chi connectivity index (χ4v) is 2.71. The molecule has 7 heteroatoms. The summed E-state index contributed by atoms with van der Waals surface area (Å²) < 4.78 is 5.22. The lowest BCUT2D eigenvalue weighted by atomic mass is 10.1. The molecule has 108 valence electrons. The zero-order valence-corrected chi connectivity index (χ0v) is 11.7. The number of thioether (sulfide) groups is 1. The van der Waals surface area contributed by atoms with E-state index in [9.17, 15) is 9.59 Å². The molecule has 20 heavy (non-hydrogen) atoms. The minimum atomic E-state index is -1.04. The number of aromatic nitrogens is 1. The number of carboxylic acids is 1. The number of carbonyl (C=O) groups is 2. The van der Waals surface area contributed by atoms with E-state index >= 15 is 0 Å². The van der Waals surface area contributed by atoms with Crippen LogP contribution in [0.5, 0.6) is 0 Å². The molecule has 1 saturated heterocycles. The maximum atomic E-state index is 11.8. The number of pyridine rings is 1. The Labute approximate surface area is 120 Å². The number of amides is 1. The maximum Gasteiger partial charge on any atom is 0.338 e. The highest BCUT2D eigenvalue weighted by Gasteiger charge is 2.17. The van der Waals surface area contributed by atoms with Gasteiger partial charge >= 0.3 is 5.97 Å². The second-order valence-electron chi connectivity index (χ2n) is 4.40. The van der Waals surface area contributed by atoms with Gasteiger partial charge in [-0.1, -0.05) is 11.8 Å². The topological polar surface area (TPSA) is 88.5 Å². The first-order valence-electron chi connectivity index (χ1n) is 6.35. The van der Waals surface area contributed by atoms with E-state index in [2.05, 4.69) is 10.3 Å². The number of hydrogen-bond acceptors (Lipinski definition) is 5. The van der Waals surface area contributed by atoms with Crippen molar-refractivity contribution in [3.8, 4) is 0 Å². The van der Waals surface area contributed by atoms with Gasteiger partial charge in [0.25, 0.3) is 0 Å². The summed E-state index contributed by atoms with van der Waals surface area (Å²) in [4.78, 5) is 26.8. The van der Waals surface area contributed by atoms with Crippen LogP contribution in [-0.4, -0.2) is 47.0 Å². The van der Waals surface area contributed by atoms with Crippen LogP contribution >= 0.6 is 11.8 Å². The van der Waals surface area contributed by atoms with Crippen molar-refractivity contribution in [3.05, 3.63) is 23.9 Å². The number of hydrogen-bond donors (Lipinski definition) is 2. The van der Waals surface area contributed by atoms with Gasteiger partial charge < -0.3 is 15.2 Å². The third kappa shape index (κ3) is 4.21. The smallest absolute Gasteiger partial charge is 0.338 e. The van der Waals surface area contributed by atoms with Crippen LogP contribution in [0.3, 0.4) is 0 Å². The van der Waals surface area contributed by atoms with E-state index in [4.69, 9.17) is 9.84 Å². The highest BCUT2D eigenvalue weighted by molar-refractivity contribution is 8.00. The Balaban J connectivity index is 1.85. The fraction of sp³-hybridized carbons (Fsp3) is 0.462. The lowest BCUT2D eigenvalue weighted by Crippen LogP contribution is -2.39. The van der Waals surface area contributed by atoms with Gasteiger partial charge in [0.1, 0.15) is 5.03 Å². The Bertz CT molecular complexity index is 489. The zero-order valence-electron chi connectivity index (χ0n) is 10.9. The van der Waals surface area contributed by atoms with Gasteiger partial charge in [-0.15, -0.1) is 0 Å². The second-order valence-corrected chi connectivity index (χ2v) is 5.37. The molecule has 1 aliphatic heterocycles. The van der Waals surface area contributed by atoms with Crippen molar-refractivity contribution in [2.24, 2.45) is 0 Å². The molecule has 0 saturated carbocycles. The highest BCUT2D eigenvalue weighted by atomic mass is 32.2. The zero-order chi connectivity index (χ0) is 14.4. The Hall–Kier alpha value is -1.60. The molecule has 0 spiro atoms. The molecule has 0 atom stereocenters. The van der Waals surface area contributed by atoms with E-state index in [1.165, 1.54) is 12.3 Å². The van der Waals surface area contributed by atoms with Gasteiger partial charge in [-0.05, 0) is 25.0 Å². The van der Waals surface area contributed by atoms with Gasteiger partial charge in [0.05, 0.1) is 11.3 Å². The van der Waals surface area contributed by atoms with Crippen LogP contribution in [0.2, 0.25) is 0 Å². The number of nitrogens with zero attached hydrogens (tertiary/aromatic N) is 1. The van der Waals surface area contributed by atoms with Crippen LogP contribution in [0.1, 0.15) is 23.2 Å². The van der Waals surface area contributed by atoms with Crippen LogP contribution in [-0.2, 0) is 9.53 Å². The molecule has 6 nitrogen and oxygen atoms in total. The highest BCUT2D eigenvalue weighted by Crippen LogP contribution is 2.19. The summed E-state index contributed by atoms with van der Waals surface area (Å²) in [6.07, 6.45) is 3.16. The van der Waals surface area contributed by atoms with E-state index in [-0.39, 0.29) is 23.3 Å². The Morgan fingerprint density at radius 2 is 2.20 bits per heavy atom. The lowest BCUT2D eigenvalue weighted by molar-refractivity contribution is -0.119. The summed E-state index contributed by atoms with van der Waals surface area (Å²) >= 11 is 1.14. The van der Waals surface area contributed by atoms with Crippen molar-refractivity contribution < 1.29 is 19.4 Å². The summed E-state index contributed by atoms with van der Waals surface area (Å²) in [6, 6.07) is 3.20. The molecule has 2 heterocycles. The molecule has 0 radical (unpaired) electrons. The van der Waals surface area contributed by atoms with Gasteiger partial charge in [-0.3, -0.25) is 4.79 Å². The summed E-state index contributed by atoms with van der Waals surface area (Å²) in [5, 5.41) is 12.3. The van der Waals surface area contributed by atoms with E-state index in [0.717, 1.165) is 24.6 Å². The molecule has 0 unspecified atom stereocenters. The van der Waals surface area contributed by atoms with Gasteiger partial charge in [0, 0.05) is 25.5 Å². The van der Waals surface area contributed by atoms with Crippen molar-refractivity contribution in [1.82, 2.24) is 10.3 Å². The van der Waals surface area contributed by atoms with Crippen molar-refractivity contribution >= 4 is 23.6 Å². The minimum absolute atomic E-state index is 0.108. The van der Waals surface area contributed by atoms with Crippen LogP contribution in [0.25, 0.3) is 0 Å². The Morgan fingerprint density at radius 1 is 1.45 bits per heavy atom. The normalized spacial score (nSPS) is 15.8. The summed E-state index contributed by atoms with van der Waals surface area (Å²) in [7, 11) is 0. The Kier molecular flexibility index (Phi) is 5.37. The number of ether oxygens (including phenoxy) is 1. The van der Waals surface area contributed by atoms with Gasteiger partial charge in [-0.25, -0.2) is 9.78 Å². The summed E-state index contributed by atoms with van der Waals surface area (Å²) in [6.45, 7) is 1.34. The monoisotopic (exact) mass is 296 g/mol. The van der Waals surface area contributed by atoms with E-state index in [0.29, 0.717) is 18.2 Å². The molecule has 0 aliphatic carbocycles. The molecule has 0 aromatic carbocycles. The number of aromatic carboxylic acids is 1. The number of nitrogens with one attached hydrogen (secondary N) is 1. The molecular formula is C13H16N2O4S. The first-order valence-corrected chi connectivity index (χ1v) is 7.33. The molecule has 1 aliphatic rings. The van der Waals surface area contributed by atoms with Gasteiger partial charge in [-0.2, -0.15) is 0 Å². The number of rotatable bonds is 5. The average molecular weight is 296 g/mol. The summed E-state index contributed by atoms with van der Waals surface area (Å²) in [5.41, 5.74) is 0.122. The number of carbonyl (C=O) groups excluding carboxylic acids is 1. The SMILES string of the molecule is O=C(CSc1ncccc1C(=O)O)NC1CCOCC1. The maximum absolute atomic E-state index is 11.8. The first-order chi connectivity index (χ1) is 9.66. The van der Waals surface area contributed by atoms with Crippen molar-refractivity contribution in [3.63, 3.8) is 0 Å². The average Bonchev–Trinajstić information content (AvgIpc) is 2.46. The van der Waals surface area contributed by atoms with Crippen molar-refractivity contribution in [2.75, 3.05) is 19.0 Å². The van der Waals surface area contributed by atoms with Crippen LogP contribution < -0.4 is 5.32 Å². The standard InChI is InChI=1S/C13H16N2O4S/c16-11(15-9-3-6-19-7-4-9)8-20-12-10(13(17)18)2-1-5-14-12/h1-2,5,9H,3-4,6-8H2,(H,15,16)(H,17,18). The largest absolute Gasteiger partial charge is 0.478 e. The van der Waals surface area contributed by atoms with Crippen LogP contribution in [0.4, 0.5) is 0 Å². The second kappa shape index (κ2) is 7.25. The van der Waals surface area contributed by atoms with E-state index < -0.39 is 5.97 Å². The molecule has 2 N–H and O–H groups in total. The lowest BCUT2D eigenvalue weighted by Gasteiger charge is -2.22. The first kappa shape index (κ1) is 14.8. The van der Waals surface area contributed by atoms with Crippen LogP contribution in [0, 0.1) is 0 Å². The van der Waals surface area contributed by atoms with Crippen LogP contribution in [0.15, 0.2) is 23.4 Å². The quantitative estimate of drug-likeness (QED) is 0.793. The number of carboxylic acid groups (broad SMARTS) is 1. The Morgan fingerprint density at radius 3 is 2.90 bits per heavy atom. The minimum Gasteiger partial charge on any atom is -0.478 e. The van der Waals surface area contributed by atoms with Gasteiger partial charge in [0.15, 0.2) is 0 Å². The molecule has 2 rings (SSSR count). The molecular weight excluding hydrogens is 280 g/mol. The third-order valence-electron chi connectivity index (χ3n) is 2.93. The summed E-state index contributed by atoms with van der Waals surface area (Å²) in [5.74, 6) is -0.983. The molecule has 1 aromatic heterocycles. The van der Waals surface area contributed by atoms with E-state index in [1.807, 2.05) is 0 Å².